The lowest BCUT2D eigenvalue weighted by Gasteiger charge is -2.39. The van der Waals surface area contributed by atoms with Gasteiger partial charge in [-0.1, -0.05) is 84.1 Å². The normalized spacial score (nSPS) is 18.4. The van der Waals surface area contributed by atoms with Gasteiger partial charge in [-0.3, -0.25) is 14.1 Å². The standard InChI is InChI=1S/C32H43N7O/c1-5-6-11-26-22-39(29-13-10-8-7-9-12-28(29)32(2,3)4)31(40)38(26)21-25-20-33-19-18-27(25)23-14-16-24(17-15-23)30-34-36-37-35-30/h14-20,22,28-29H,5-13,21H2,1-4H3,(H,34,35,36,37). The molecule has 1 aliphatic carbocycles. The highest BCUT2D eigenvalue weighted by Gasteiger charge is 2.35. The van der Waals surface area contributed by atoms with Gasteiger partial charge in [0.25, 0.3) is 0 Å². The lowest BCUT2D eigenvalue weighted by Crippen LogP contribution is -2.37. The van der Waals surface area contributed by atoms with E-state index < -0.39 is 0 Å². The molecule has 1 aromatic carbocycles. The third-order valence-electron chi connectivity index (χ3n) is 8.60. The highest BCUT2D eigenvalue weighted by Crippen LogP contribution is 2.42. The Morgan fingerprint density at radius 2 is 1.75 bits per heavy atom. The highest BCUT2D eigenvalue weighted by molar-refractivity contribution is 5.69. The Labute approximate surface area is 237 Å². The van der Waals surface area contributed by atoms with Crippen molar-refractivity contribution < 1.29 is 0 Å². The van der Waals surface area contributed by atoms with E-state index in [4.69, 9.17) is 0 Å². The minimum absolute atomic E-state index is 0.119. The molecule has 1 aliphatic rings. The molecule has 0 bridgehead atoms. The van der Waals surface area contributed by atoms with Crippen LogP contribution in [0.3, 0.4) is 0 Å². The van der Waals surface area contributed by atoms with E-state index in [1.807, 2.05) is 35.2 Å². The number of aromatic amines is 1. The van der Waals surface area contributed by atoms with E-state index >= 15 is 0 Å². The smallest absolute Gasteiger partial charge is 0.296 e. The van der Waals surface area contributed by atoms with E-state index in [0.717, 1.165) is 53.6 Å². The van der Waals surface area contributed by atoms with Gasteiger partial charge in [0.15, 0.2) is 0 Å². The van der Waals surface area contributed by atoms with Crippen LogP contribution in [0.4, 0.5) is 0 Å². The van der Waals surface area contributed by atoms with E-state index in [1.165, 1.54) is 32.1 Å². The number of pyridine rings is 1. The Kier molecular flexibility index (Phi) is 8.62. The van der Waals surface area contributed by atoms with E-state index in [1.54, 1.807) is 0 Å². The molecule has 0 aliphatic heterocycles. The van der Waals surface area contributed by atoms with Gasteiger partial charge < -0.3 is 0 Å². The summed E-state index contributed by atoms with van der Waals surface area (Å²) in [4.78, 5) is 18.7. The fraction of sp³-hybridized carbons (Fsp3) is 0.531. The third kappa shape index (κ3) is 6.11. The van der Waals surface area contributed by atoms with Gasteiger partial charge in [-0.25, -0.2) is 4.79 Å². The number of rotatable bonds is 8. The monoisotopic (exact) mass is 541 g/mol. The molecule has 1 N–H and O–H groups in total. The number of unbranched alkanes of at least 4 members (excludes halogenated alkanes) is 1. The van der Waals surface area contributed by atoms with Crippen LogP contribution in [0, 0.1) is 11.3 Å². The second-order valence-corrected chi connectivity index (χ2v) is 12.4. The molecule has 3 heterocycles. The zero-order valence-corrected chi connectivity index (χ0v) is 24.4. The summed E-state index contributed by atoms with van der Waals surface area (Å²) in [5, 5.41) is 14.3. The number of nitrogens with zero attached hydrogens (tertiary/aromatic N) is 6. The van der Waals surface area contributed by atoms with Gasteiger partial charge in [-0.05, 0) is 65.0 Å². The Bertz CT molecular complexity index is 1430. The summed E-state index contributed by atoms with van der Waals surface area (Å²) in [5.41, 5.74) is 5.48. The highest BCUT2D eigenvalue weighted by atomic mass is 16.1. The summed E-state index contributed by atoms with van der Waals surface area (Å²) in [5.74, 6) is 1.05. The van der Waals surface area contributed by atoms with Gasteiger partial charge in [0.2, 0.25) is 5.82 Å². The average Bonchev–Trinajstić information content (AvgIpc) is 3.57. The Morgan fingerprint density at radius 3 is 2.45 bits per heavy atom. The van der Waals surface area contributed by atoms with Gasteiger partial charge in [0.05, 0.1) is 6.54 Å². The minimum atomic E-state index is 0.119. The van der Waals surface area contributed by atoms with Crippen molar-refractivity contribution in [2.45, 2.75) is 98.1 Å². The molecule has 212 valence electrons. The number of tetrazole rings is 1. The maximum absolute atomic E-state index is 14.2. The van der Waals surface area contributed by atoms with Crippen molar-refractivity contribution in [3.8, 4) is 22.5 Å². The molecule has 0 saturated heterocycles. The summed E-state index contributed by atoms with van der Waals surface area (Å²) in [7, 11) is 0. The summed E-state index contributed by atoms with van der Waals surface area (Å²) >= 11 is 0. The zero-order chi connectivity index (χ0) is 28.1. The van der Waals surface area contributed by atoms with Crippen molar-refractivity contribution in [2.75, 3.05) is 0 Å². The van der Waals surface area contributed by atoms with Crippen LogP contribution >= 0.6 is 0 Å². The number of hydrogen-bond donors (Lipinski definition) is 1. The van der Waals surface area contributed by atoms with Crippen LogP contribution in [0.5, 0.6) is 0 Å². The third-order valence-corrected chi connectivity index (χ3v) is 8.60. The van der Waals surface area contributed by atoms with Crippen molar-refractivity contribution >= 4 is 0 Å². The zero-order valence-electron chi connectivity index (χ0n) is 24.4. The molecule has 8 nitrogen and oxygen atoms in total. The van der Waals surface area contributed by atoms with E-state index in [2.05, 4.69) is 76.2 Å². The first-order valence-corrected chi connectivity index (χ1v) is 14.9. The fourth-order valence-corrected chi connectivity index (χ4v) is 6.41. The maximum Gasteiger partial charge on any atom is 0.328 e. The molecule has 2 unspecified atom stereocenters. The van der Waals surface area contributed by atoms with Crippen LogP contribution in [-0.4, -0.2) is 34.7 Å². The minimum Gasteiger partial charge on any atom is -0.296 e. The van der Waals surface area contributed by atoms with Crippen molar-refractivity contribution in [2.24, 2.45) is 11.3 Å². The van der Waals surface area contributed by atoms with Gasteiger partial charge in [0, 0.05) is 35.9 Å². The molecule has 2 atom stereocenters. The molecule has 1 saturated carbocycles. The van der Waals surface area contributed by atoms with Gasteiger partial charge >= 0.3 is 5.69 Å². The Morgan fingerprint density at radius 1 is 1.00 bits per heavy atom. The number of aromatic nitrogens is 7. The molecule has 8 heteroatoms. The number of hydrogen-bond acceptors (Lipinski definition) is 5. The number of nitrogens with one attached hydrogen (secondary N) is 1. The quantitative estimate of drug-likeness (QED) is 0.263. The number of H-pyrrole nitrogens is 1. The topological polar surface area (TPSA) is 94.3 Å². The molecule has 40 heavy (non-hydrogen) atoms. The first-order valence-electron chi connectivity index (χ1n) is 14.9. The molecule has 5 rings (SSSR count). The lowest BCUT2D eigenvalue weighted by molar-refractivity contribution is 0.126. The second kappa shape index (κ2) is 12.3. The molecule has 4 aromatic rings. The van der Waals surface area contributed by atoms with Crippen molar-refractivity contribution in [1.29, 1.82) is 0 Å². The van der Waals surface area contributed by atoms with Gasteiger partial charge in [-0.2, -0.15) is 5.21 Å². The molecule has 0 radical (unpaired) electrons. The van der Waals surface area contributed by atoms with E-state index in [-0.39, 0.29) is 17.1 Å². The largest absolute Gasteiger partial charge is 0.328 e. The molecular formula is C32H43N7O. The van der Waals surface area contributed by atoms with Crippen molar-refractivity contribution in [3.63, 3.8) is 0 Å². The van der Waals surface area contributed by atoms with Crippen LogP contribution in [0.25, 0.3) is 22.5 Å². The number of imidazole rings is 1. The average molecular weight is 542 g/mol. The molecule has 0 amide bonds. The van der Waals surface area contributed by atoms with Crippen molar-refractivity contribution in [1.82, 2.24) is 34.7 Å². The SMILES string of the molecule is CCCCc1cn(C2CCCCCCC2C(C)(C)C)c(=O)n1Cc1cnccc1-c1ccc(-c2nn[nH]n2)cc1. The predicted molar refractivity (Wildman–Crippen MR) is 159 cm³/mol. The Balaban J connectivity index is 1.51. The number of benzene rings is 1. The van der Waals surface area contributed by atoms with Crippen LogP contribution in [0.2, 0.25) is 0 Å². The van der Waals surface area contributed by atoms with Crippen LogP contribution in [0.1, 0.15) is 96.4 Å². The molecule has 0 spiro atoms. The lowest BCUT2D eigenvalue weighted by atomic mass is 9.71. The summed E-state index contributed by atoms with van der Waals surface area (Å²) < 4.78 is 4.13. The second-order valence-electron chi connectivity index (χ2n) is 12.4. The maximum atomic E-state index is 14.2. The number of aryl methyl sites for hydroxylation is 1. The molecule has 3 aromatic heterocycles. The fourth-order valence-electron chi connectivity index (χ4n) is 6.41. The predicted octanol–water partition coefficient (Wildman–Crippen LogP) is 6.84. The van der Waals surface area contributed by atoms with E-state index in [0.29, 0.717) is 18.3 Å². The summed E-state index contributed by atoms with van der Waals surface area (Å²) in [6.07, 6.45) is 16.2. The Hall–Kier alpha value is -3.55. The molecular weight excluding hydrogens is 498 g/mol. The van der Waals surface area contributed by atoms with Crippen LogP contribution in [-0.2, 0) is 13.0 Å². The molecule has 1 fully saturated rings. The first-order chi connectivity index (χ1) is 19.4. The van der Waals surface area contributed by atoms with Crippen molar-refractivity contribution in [3.05, 3.63) is 70.7 Å². The van der Waals surface area contributed by atoms with Crippen LogP contribution < -0.4 is 5.69 Å². The summed E-state index contributed by atoms with van der Waals surface area (Å²) in [6, 6.07) is 10.4. The summed E-state index contributed by atoms with van der Waals surface area (Å²) in [6.45, 7) is 9.75. The van der Waals surface area contributed by atoms with Gasteiger partial charge in [0.1, 0.15) is 0 Å². The van der Waals surface area contributed by atoms with Gasteiger partial charge in [-0.15, -0.1) is 10.2 Å². The first kappa shape index (κ1) is 28.0. The van der Waals surface area contributed by atoms with E-state index in [9.17, 15) is 4.79 Å². The van der Waals surface area contributed by atoms with Crippen LogP contribution in [0.15, 0.2) is 53.7 Å².